The van der Waals surface area contributed by atoms with Crippen molar-refractivity contribution in [2.24, 2.45) is 0 Å². The summed E-state index contributed by atoms with van der Waals surface area (Å²) in [6.45, 7) is 1.54. The minimum Gasteiger partial charge on any atom is -0.493 e. The molecule has 0 aromatic heterocycles. The first kappa shape index (κ1) is 23.2. The van der Waals surface area contributed by atoms with Crippen molar-refractivity contribution in [3.05, 3.63) is 46.4 Å². The van der Waals surface area contributed by atoms with Crippen LogP contribution in [0.2, 0.25) is 0 Å². The summed E-state index contributed by atoms with van der Waals surface area (Å²) in [6, 6.07) is 11.1. The number of hydrogen-bond donors (Lipinski definition) is 0. The van der Waals surface area contributed by atoms with E-state index >= 15 is 0 Å². The minimum absolute atomic E-state index is 0.0265. The molecule has 2 aromatic carbocycles. The van der Waals surface area contributed by atoms with Crippen molar-refractivity contribution < 1.29 is 28.5 Å². The van der Waals surface area contributed by atoms with Gasteiger partial charge in [0, 0.05) is 24.2 Å². The van der Waals surface area contributed by atoms with Crippen molar-refractivity contribution in [3.63, 3.8) is 0 Å². The van der Waals surface area contributed by atoms with Crippen LogP contribution in [0, 0.1) is 0 Å². The molecule has 2 aromatic rings. The van der Waals surface area contributed by atoms with Gasteiger partial charge in [0.15, 0.2) is 18.1 Å². The Kier molecular flexibility index (Phi) is 8.43. The summed E-state index contributed by atoms with van der Waals surface area (Å²) < 4.78 is 28.7. The van der Waals surface area contributed by atoms with Crippen molar-refractivity contribution in [3.8, 4) is 23.0 Å². The van der Waals surface area contributed by atoms with Gasteiger partial charge in [0.25, 0.3) is 5.91 Å². The zero-order chi connectivity index (χ0) is 22.2. The Hall–Kier alpha value is -2.45. The SMILES string of the molecule is COc1cc(CN(C[C@H]2CCCO2)C(=O)COc2ccc(Br)cc2)cc(OC)c1OC. The highest BCUT2D eigenvalue weighted by Gasteiger charge is 2.24. The van der Waals surface area contributed by atoms with E-state index in [1.807, 2.05) is 36.4 Å². The van der Waals surface area contributed by atoms with Crippen molar-refractivity contribution in [2.75, 3.05) is 41.1 Å². The van der Waals surface area contributed by atoms with Gasteiger partial charge in [-0.1, -0.05) is 15.9 Å². The van der Waals surface area contributed by atoms with E-state index in [0.717, 1.165) is 29.5 Å². The lowest BCUT2D eigenvalue weighted by atomic mass is 10.1. The van der Waals surface area contributed by atoms with Crippen LogP contribution < -0.4 is 18.9 Å². The molecule has 1 aliphatic heterocycles. The Morgan fingerprint density at radius 2 is 1.77 bits per heavy atom. The molecule has 1 saturated heterocycles. The first-order valence-corrected chi connectivity index (χ1v) is 10.9. The third-order valence-electron chi connectivity index (χ3n) is 5.07. The quantitative estimate of drug-likeness (QED) is 0.497. The van der Waals surface area contributed by atoms with E-state index in [2.05, 4.69) is 15.9 Å². The molecule has 3 rings (SSSR count). The molecule has 0 radical (unpaired) electrons. The molecule has 7 nitrogen and oxygen atoms in total. The maximum atomic E-state index is 13.1. The van der Waals surface area contributed by atoms with Crippen molar-refractivity contribution in [1.29, 1.82) is 0 Å². The molecule has 1 aliphatic rings. The van der Waals surface area contributed by atoms with E-state index in [1.54, 1.807) is 26.2 Å². The van der Waals surface area contributed by atoms with Crippen molar-refractivity contribution in [2.45, 2.75) is 25.5 Å². The van der Waals surface area contributed by atoms with E-state index in [4.69, 9.17) is 23.7 Å². The molecular weight excluding hydrogens is 466 g/mol. The average Bonchev–Trinajstić information content (AvgIpc) is 3.30. The first-order chi connectivity index (χ1) is 15.0. The highest BCUT2D eigenvalue weighted by atomic mass is 79.9. The smallest absolute Gasteiger partial charge is 0.260 e. The van der Waals surface area contributed by atoms with Gasteiger partial charge in [0.05, 0.1) is 27.4 Å². The Labute approximate surface area is 191 Å². The maximum absolute atomic E-state index is 13.1. The van der Waals surface area contributed by atoms with Gasteiger partial charge < -0.3 is 28.6 Å². The molecule has 1 heterocycles. The fourth-order valence-corrected chi connectivity index (χ4v) is 3.77. The molecule has 31 heavy (non-hydrogen) atoms. The van der Waals surface area contributed by atoms with Gasteiger partial charge >= 0.3 is 0 Å². The Balaban J connectivity index is 1.76. The van der Waals surface area contributed by atoms with E-state index in [0.29, 0.717) is 36.1 Å². The van der Waals surface area contributed by atoms with Gasteiger partial charge in [-0.3, -0.25) is 4.79 Å². The highest BCUT2D eigenvalue weighted by molar-refractivity contribution is 9.10. The van der Waals surface area contributed by atoms with Crippen molar-refractivity contribution >= 4 is 21.8 Å². The standard InChI is InChI=1S/C23H28BrNO6/c1-27-20-11-16(12-21(28-2)23(20)29-3)13-25(14-19-5-4-10-30-19)22(26)15-31-18-8-6-17(24)7-9-18/h6-9,11-12,19H,4-5,10,13-15H2,1-3H3/t19-/m1/s1. The number of benzene rings is 2. The first-order valence-electron chi connectivity index (χ1n) is 10.1. The third-order valence-corrected chi connectivity index (χ3v) is 5.60. The summed E-state index contributed by atoms with van der Waals surface area (Å²) in [5.74, 6) is 2.14. The molecule has 0 N–H and O–H groups in total. The molecular formula is C23H28BrNO6. The number of carbonyl (C=O) groups excluding carboxylic acids is 1. The lowest BCUT2D eigenvalue weighted by molar-refractivity contribution is -0.135. The minimum atomic E-state index is -0.118. The fourth-order valence-electron chi connectivity index (χ4n) is 3.50. The molecule has 0 unspecified atom stereocenters. The predicted octanol–water partition coefficient (Wildman–Crippen LogP) is 4.06. The normalized spacial score (nSPS) is 15.4. The molecule has 0 bridgehead atoms. The molecule has 8 heteroatoms. The number of amides is 1. The van der Waals surface area contributed by atoms with E-state index in [1.165, 1.54) is 0 Å². The second-order valence-electron chi connectivity index (χ2n) is 7.19. The van der Waals surface area contributed by atoms with Gasteiger partial charge in [0.2, 0.25) is 5.75 Å². The maximum Gasteiger partial charge on any atom is 0.260 e. The van der Waals surface area contributed by atoms with Crippen LogP contribution in [0.25, 0.3) is 0 Å². The largest absolute Gasteiger partial charge is 0.493 e. The number of halogens is 1. The zero-order valence-corrected chi connectivity index (χ0v) is 19.6. The van der Waals surface area contributed by atoms with Crippen LogP contribution in [0.5, 0.6) is 23.0 Å². The van der Waals surface area contributed by atoms with Gasteiger partial charge in [-0.25, -0.2) is 0 Å². The predicted molar refractivity (Wildman–Crippen MR) is 120 cm³/mol. The second kappa shape index (κ2) is 11.2. The van der Waals surface area contributed by atoms with Crippen LogP contribution in [-0.4, -0.2) is 58.0 Å². The third kappa shape index (κ3) is 6.27. The monoisotopic (exact) mass is 493 g/mol. The summed E-state index contributed by atoms with van der Waals surface area (Å²) in [6.07, 6.45) is 1.97. The molecule has 1 atom stereocenters. The molecule has 0 spiro atoms. The van der Waals surface area contributed by atoms with E-state index in [-0.39, 0.29) is 18.6 Å². The molecule has 1 amide bonds. The topological polar surface area (TPSA) is 66.5 Å². The molecule has 0 saturated carbocycles. The highest BCUT2D eigenvalue weighted by Crippen LogP contribution is 2.38. The second-order valence-corrected chi connectivity index (χ2v) is 8.10. The molecule has 0 aliphatic carbocycles. The van der Waals surface area contributed by atoms with Gasteiger partial charge in [-0.15, -0.1) is 0 Å². The van der Waals surface area contributed by atoms with Gasteiger partial charge in [-0.2, -0.15) is 0 Å². The van der Waals surface area contributed by atoms with Crippen LogP contribution in [0.4, 0.5) is 0 Å². The number of ether oxygens (including phenoxy) is 5. The zero-order valence-electron chi connectivity index (χ0n) is 18.1. The average molecular weight is 494 g/mol. The van der Waals surface area contributed by atoms with Crippen LogP contribution >= 0.6 is 15.9 Å². The summed E-state index contributed by atoms with van der Waals surface area (Å²) in [5.41, 5.74) is 0.865. The Bertz CT molecular complexity index is 842. The van der Waals surface area contributed by atoms with Crippen LogP contribution in [0.15, 0.2) is 40.9 Å². The number of carbonyl (C=O) groups is 1. The number of hydrogen-bond acceptors (Lipinski definition) is 6. The van der Waals surface area contributed by atoms with E-state index < -0.39 is 0 Å². The van der Waals surface area contributed by atoms with Crippen LogP contribution in [-0.2, 0) is 16.1 Å². The van der Waals surface area contributed by atoms with E-state index in [9.17, 15) is 4.79 Å². The molecule has 168 valence electrons. The van der Waals surface area contributed by atoms with Gasteiger partial charge in [0.1, 0.15) is 5.75 Å². The fraction of sp³-hybridized carbons (Fsp3) is 0.435. The summed E-state index contributed by atoms with van der Waals surface area (Å²) in [7, 11) is 4.71. The van der Waals surface area contributed by atoms with Gasteiger partial charge in [-0.05, 0) is 54.8 Å². The molecule has 1 fully saturated rings. The lowest BCUT2D eigenvalue weighted by Gasteiger charge is -2.26. The summed E-state index contributed by atoms with van der Waals surface area (Å²) >= 11 is 3.39. The van der Waals surface area contributed by atoms with Crippen LogP contribution in [0.3, 0.4) is 0 Å². The Morgan fingerprint density at radius 1 is 1.10 bits per heavy atom. The number of nitrogens with zero attached hydrogens (tertiary/aromatic N) is 1. The number of rotatable bonds is 10. The van der Waals surface area contributed by atoms with Crippen LogP contribution in [0.1, 0.15) is 18.4 Å². The summed E-state index contributed by atoms with van der Waals surface area (Å²) in [4.78, 5) is 14.8. The Morgan fingerprint density at radius 3 is 2.32 bits per heavy atom. The van der Waals surface area contributed by atoms with Crippen molar-refractivity contribution in [1.82, 2.24) is 4.90 Å². The number of methoxy groups -OCH3 is 3. The summed E-state index contributed by atoms with van der Waals surface area (Å²) in [5, 5.41) is 0. The lowest BCUT2D eigenvalue weighted by Crippen LogP contribution is -2.39.